The van der Waals surface area contributed by atoms with Gasteiger partial charge < -0.3 is 14.8 Å². The van der Waals surface area contributed by atoms with E-state index in [-0.39, 0.29) is 17.3 Å². The maximum absolute atomic E-state index is 12.4. The van der Waals surface area contributed by atoms with Crippen LogP contribution in [0.3, 0.4) is 0 Å². The lowest BCUT2D eigenvalue weighted by Crippen LogP contribution is -2.33. The van der Waals surface area contributed by atoms with Gasteiger partial charge in [0.2, 0.25) is 15.9 Å². The predicted molar refractivity (Wildman–Crippen MR) is 112 cm³/mol. The fourth-order valence-corrected chi connectivity index (χ4v) is 3.43. The predicted octanol–water partition coefficient (Wildman–Crippen LogP) is 1.89. The summed E-state index contributed by atoms with van der Waals surface area (Å²) in [5, 5.41) is 2.72. The number of hydrogen-bond donors (Lipinski definition) is 1. The number of carbonyl (C=O) groups excluding carboxylic acids is 1. The number of amides is 1. The number of para-hydroxylation sites is 1. The Hall–Kier alpha value is -2.62. The first-order valence-electron chi connectivity index (χ1n) is 9.01. The maximum atomic E-state index is 12.4. The van der Waals surface area contributed by atoms with Crippen LogP contribution in [-0.4, -0.2) is 71.5 Å². The molecule has 9 heteroatoms. The minimum atomic E-state index is -3.62. The van der Waals surface area contributed by atoms with Crippen molar-refractivity contribution in [3.63, 3.8) is 0 Å². The van der Waals surface area contributed by atoms with Crippen molar-refractivity contribution < 1.29 is 22.7 Å². The number of hydrogen-bond acceptors (Lipinski definition) is 6. The van der Waals surface area contributed by atoms with Crippen molar-refractivity contribution in [1.29, 1.82) is 0 Å². The summed E-state index contributed by atoms with van der Waals surface area (Å²) in [6.07, 6.45) is 0. The van der Waals surface area contributed by atoms with Crippen molar-refractivity contribution in [1.82, 2.24) is 9.21 Å². The third-order valence-electron chi connectivity index (χ3n) is 4.12. The molecule has 158 valence electrons. The van der Waals surface area contributed by atoms with Gasteiger partial charge in [0, 0.05) is 20.6 Å². The average molecular weight is 422 g/mol. The summed E-state index contributed by atoms with van der Waals surface area (Å²) >= 11 is 0. The zero-order valence-corrected chi connectivity index (χ0v) is 17.9. The topological polar surface area (TPSA) is 88.2 Å². The zero-order chi connectivity index (χ0) is 21.4. The number of likely N-dealkylation sites (N-methyl/N-ethyl adjacent to an activating group) is 1. The molecule has 0 atom stereocenters. The van der Waals surface area contributed by atoms with Gasteiger partial charge in [-0.05, 0) is 37.4 Å². The van der Waals surface area contributed by atoms with E-state index >= 15 is 0 Å². The Bertz CT molecular complexity index is 917. The van der Waals surface area contributed by atoms with Gasteiger partial charge >= 0.3 is 0 Å². The van der Waals surface area contributed by atoms with Gasteiger partial charge in [0.25, 0.3) is 0 Å². The minimum Gasteiger partial charge on any atom is -0.495 e. The second kappa shape index (κ2) is 10.2. The van der Waals surface area contributed by atoms with Gasteiger partial charge in [-0.1, -0.05) is 18.2 Å². The summed E-state index contributed by atoms with van der Waals surface area (Å²) in [5.41, 5.74) is 0.300. The van der Waals surface area contributed by atoms with Crippen LogP contribution in [0.1, 0.15) is 0 Å². The highest BCUT2D eigenvalue weighted by Gasteiger charge is 2.20. The van der Waals surface area contributed by atoms with Gasteiger partial charge in [0.1, 0.15) is 18.1 Å². The molecule has 2 rings (SSSR count). The molecule has 0 radical (unpaired) electrons. The molecule has 0 saturated carbocycles. The van der Waals surface area contributed by atoms with Crippen LogP contribution in [0.25, 0.3) is 0 Å². The summed E-state index contributed by atoms with van der Waals surface area (Å²) in [5.74, 6) is 0.866. The van der Waals surface area contributed by atoms with E-state index in [1.807, 2.05) is 35.2 Å². The molecule has 0 saturated heterocycles. The van der Waals surface area contributed by atoms with E-state index in [1.54, 1.807) is 7.05 Å². The molecular weight excluding hydrogens is 394 g/mol. The van der Waals surface area contributed by atoms with Crippen molar-refractivity contribution in [2.45, 2.75) is 4.90 Å². The Labute approximate surface area is 172 Å². The summed E-state index contributed by atoms with van der Waals surface area (Å²) in [6.45, 7) is 1.11. The highest BCUT2D eigenvalue weighted by atomic mass is 32.2. The van der Waals surface area contributed by atoms with Crippen LogP contribution in [-0.2, 0) is 14.8 Å². The standard InChI is InChI=1S/C20H27N3O5S/c1-22(2)29(25,26)17-10-11-19(27-4)18(14-17)21-20(24)15-23(3)12-13-28-16-8-6-5-7-9-16/h5-11,14H,12-13,15H2,1-4H3,(H,21,24). The number of methoxy groups -OCH3 is 1. The molecule has 0 aliphatic carbocycles. The van der Waals surface area contributed by atoms with Gasteiger partial charge in [-0.3, -0.25) is 9.69 Å². The number of rotatable bonds is 10. The Morgan fingerprint density at radius 1 is 1.07 bits per heavy atom. The van der Waals surface area contributed by atoms with Crippen molar-refractivity contribution in [2.24, 2.45) is 0 Å². The van der Waals surface area contributed by atoms with Crippen LogP contribution in [0, 0.1) is 0 Å². The molecular formula is C20H27N3O5S. The highest BCUT2D eigenvalue weighted by molar-refractivity contribution is 7.89. The van der Waals surface area contributed by atoms with Crippen LogP contribution in [0.4, 0.5) is 5.69 Å². The fraction of sp³-hybridized carbons (Fsp3) is 0.350. The normalized spacial score (nSPS) is 11.5. The molecule has 8 nitrogen and oxygen atoms in total. The summed E-state index contributed by atoms with van der Waals surface area (Å²) in [6, 6.07) is 13.8. The smallest absolute Gasteiger partial charge is 0.242 e. The first-order valence-corrected chi connectivity index (χ1v) is 10.4. The average Bonchev–Trinajstić information content (AvgIpc) is 2.68. The number of anilines is 1. The van der Waals surface area contributed by atoms with Gasteiger partial charge in [-0.25, -0.2) is 12.7 Å². The van der Waals surface area contributed by atoms with Gasteiger partial charge in [-0.15, -0.1) is 0 Å². The Balaban J connectivity index is 1.96. The molecule has 0 fully saturated rings. The van der Waals surface area contributed by atoms with Gasteiger partial charge in [0.05, 0.1) is 24.2 Å². The number of nitrogens with one attached hydrogen (secondary N) is 1. The number of benzene rings is 2. The Morgan fingerprint density at radius 3 is 2.38 bits per heavy atom. The third-order valence-corrected chi connectivity index (χ3v) is 5.93. The lowest BCUT2D eigenvalue weighted by atomic mass is 10.3. The molecule has 0 aliphatic rings. The summed E-state index contributed by atoms with van der Waals surface area (Å²) < 4.78 is 36.6. The van der Waals surface area contributed by atoms with Crippen LogP contribution in [0.15, 0.2) is 53.4 Å². The van der Waals surface area contributed by atoms with E-state index in [9.17, 15) is 13.2 Å². The lowest BCUT2D eigenvalue weighted by molar-refractivity contribution is -0.117. The molecule has 0 spiro atoms. The second-order valence-corrected chi connectivity index (χ2v) is 8.75. The van der Waals surface area contributed by atoms with Crippen LogP contribution < -0.4 is 14.8 Å². The van der Waals surface area contributed by atoms with E-state index in [0.717, 1.165) is 10.1 Å². The summed E-state index contributed by atoms with van der Waals surface area (Å²) in [4.78, 5) is 14.3. The third kappa shape index (κ3) is 6.45. The first-order chi connectivity index (χ1) is 13.7. The van der Waals surface area contributed by atoms with Crippen molar-refractivity contribution in [3.8, 4) is 11.5 Å². The molecule has 29 heavy (non-hydrogen) atoms. The van der Waals surface area contributed by atoms with Gasteiger partial charge in [0.15, 0.2) is 0 Å². The van der Waals surface area contributed by atoms with Gasteiger partial charge in [-0.2, -0.15) is 0 Å². The van der Waals surface area contributed by atoms with E-state index in [0.29, 0.717) is 24.6 Å². The lowest BCUT2D eigenvalue weighted by Gasteiger charge is -2.18. The Morgan fingerprint density at radius 2 is 1.76 bits per heavy atom. The number of carbonyl (C=O) groups is 1. The highest BCUT2D eigenvalue weighted by Crippen LogP contribution is 2.28. The zero-order valence-electron chi connectivity index (χ0n) is 17.1. The van der Waals surface area contributed by atoms with Crippen LogP contribution in [0.2, 0.25) is 0 Å². The van der Waals surface area contributed by atoms with Crippen LogP contribution in [0.5, 0.6) is 11.5 Å². The maximum Gasteiger partial charge on any atom is 0.242 e. The molecule has 0 unspecified atom stereocenters. The number of sulfonamides is 1. The molecule has 0 bridgehead atoms. The molecule has 2 aromatic rings. The molecule has 2 aromatic carbocycles. The number of nitrogens with zero attached hydrogens (tertiary/aromatic N) is 2. The molecule has 0 aliphatic heterocycles. The Kier molecular flexibility index (Phi) is 8.00. The van der Waals surface area contributed by atoms with E-state index in [2.05, 4.69) is 5.32 Å². The SMILES string of the molecule is COc1ccc(S(=O)(=O)N(C)C)cc1NC(=O)CN(C)CCOc1ccccc1. The van der Waals surface area contributed by atoms with E-state index in [4.69, 9.17) is 9.47 Å². The van der Waals surface area contributed by atoms with Crippen molar-refractivity contribution >= 4 is 21.6 Å². The fourth-order valence-electron chi connectivity index (χ4n) is 2.51. The molecule has 0 aromatic heterocycles. The summed E-state index contributed by atoms with van der Waals surface area (Å²) in [7, 11) is 2.54. The minimum absolute atomic E-state index is 0.0724. The van der Waals surface area contributed by atoms with Crippen molar-refractivity contribution in [2.75, 3.05) is 53.3 Å². The largest absolute Gasteiger partial charge is 0.495 e. The first kappa shape index (κ1) is 22.7. The molecule has 1 N–H and O–H groups in total. The van der Waals surface area contributed by atoms with E-state index < -0.39 is 10.0 Å². The number of ether oxygens (including phenoxy) is 2. The molecule has 0 heterocycles. The van der Waals surface area contributed by atoms with Crippen molar-refractivity contribution in [3.05, 3.63) is 48.5 Å². The van der Waals surface area contributed by atoms with E-state index in [1.165, 1.54) is 39.4 Å². The van der Waals surface area contributed by atoms with Crippen LogP contribution >= 0.6 is 0 Å². The second-order valence-electron chi connectivity index (χ2n) is 6.60. The quantitative estimate of drug-likeness (QED) is 0.630. The monoisotopic (exact) mass is 421 g/mol. The molecule has 1 amide bonds.